The van der Waals surface area contributed by atoms with Gasteiger partial charge in [-0.1, -0.05) is 0 Å². The molecule has 0 saturated carbocycles. The van der Waals surface area contributed by atoms with Gasteiger partial charge in [-0.2, -0.15) is 0 Å². The molecule has 36 heavy (non-hydrogen) atoms. The molecule has 8 nitrogen and oxygen atoms in total. The summed E-state index contributed by atoms with van der Waals surface area (Å²) < 4.78 is 14.5. The van der Waals surface area contributed by atoms with Crippen molar-refractivity contribution in [1.29, 1.82) is 5.41 Å². The number of hydrogen-bond donors (Lipinski definition) is 3. The molecule has 3 aromatic rings. The van der Waals surface area contributed by atoms with Crippen molar-refractivity contribution in [2.45, 2.75) is 38.6 Å². The molecule has 2 atom stereocenters. The Hall–Kier alpha value is -4.14. The molecule has 0 unspecified atom stereocenters. The molecule has 2 aromatic heterocycles. The van der Waals surface area contributed by atoms with Crippen LogP contribution < -0.4 is 10.6 Å². The summed E-state index contributed by atoms with van der Waals surface area (Å²) >= 11 is 0. The second kappa shape index (κ2) is 11.1. The summed E-state index contributed by atoms with van der Waals surface area (Å²) in [5, 5.41) is 13.8. The standard InChI is InChI=1S/C27H30FN7O/c1-17-6-7-20(16-35(17)18(2)36)27-33-25(19-5-4-8-31-15-19)12-26(34-27)32-24-10-21(9-23(28)11-24)22(13-29)14-30-3/h4-5,8-15,17,20,29-30H,6-7,16H2,1-3H3,(H,32,33,34)/b22-14+,29-13?/t17-,20+/m0/s1. The number of pyridine rings is 1. The largest absolute Gasteiger partial charge is 0.393 e. The van der Waals surface area contributed by atoms with E-state index >= 15 is 0 Å². The van der Waals surface area contributed by atoms with E-state index in [1.165, 1.54) is 18.3 Å². The molecular formula is C27H30FN7O. The molecule has 0 aliphatic carbocycles. The van der Waals surface area contributed by atoms with Gasteiger partial charge in [0.05, 0.1) is 5.69 Å². The average Bonchev–Trinajstić information content (AvgIpc) is 2.87. The average molecular weight is 488 g/mol. The zero-order chi connectivity index (χ0) is 25.7. The van der Waals surface area contributed by atoms with E-state index in [4.69, 9.17) is 15.4 Å². The predicted octanol–water partition coefficient (Wildman–Crippen LogP) is 4.75. The quantitative estimate of drug-likeness (QED) is 0.416. The van der Waals surface area contributed by atoms with Crippen LogP contribution in [0.1, 0.15) is 44.0 Å². The lowest BCUT2D eigenvalue weighted by molar-refractivity contribution is -0.132. The number of amides is 1. The summed E-state index contributed by atoms with van der Waals surface area (Å²) in [7, 11) is 1.73. The normalized spacial score (nSPS) is 18.0. The van der Waals surface area contributed by atoms with Gasteiger partial charge in [0.1, 0.15) is 17.5 Å². The van der Waals surface area contributed by atoms with Crippen molar-refractivity contribution >= 4 is 29.2 Å². The number of anilines is 2. The predicted molar refractivity (Wildman–Crippen MR) is 140 cm³/mol. The lowest BCUT2D eigenvalue weighted by Gasteiger charge is -2.37. The fourth-order valence-electron chi connectivity index (χ4n) is 4.47. The molecule has 1 aliphatic rings. The van der Waals surface area contributed by atoms with Crippen LogP contribution in [0.25, 0.3) is 16.8 Å². The van der Waals surface area contributed by atoms with Gasteiger partial charge in [-0.3, -0.25) is 9.78 Å². The van der Waals surface area contributed by atoms with Crippen LogP contribution in [0.15, 0.2) is 55.0 Å². The molecular weight excluding hydrogens is 457 g/mol. The van der Waals surface area contributed by atoms with Gasteiger partial charge in [-0.25, -0.2) is 14.4 Å². The minimum atomic E-state index is -0.431. The van der Waals surface area contributed by atoms with Crippen molar-refractivity contribution in [2.75, 3.05) is 18.9 Å². The molecule has 3 heterocycles. The Morgan fingerprint density at radius 2 is 2.06 bits per heavy atom. The Bertz CT molecular complexity index is 1280. The maximum atomic E-state index is 14.5. The molecule has 4 rings (SSSR count). The summed E-state index contributed by atoms with van der Waals surface area (Å²) in [5.74, 6) is 0.728. The number of nitrogens with one attached hydrogen (secondary N) is 3. The number of hydrogen-bond acceptors (Lipinski definition) is 7. The highest BCUT2D eigenvalue weighted by Gasteiger charge is 2.30. The summed E-state index contributed by atoms with van der Waals surface area (Å²) in [6, 6.07) is 10.3. The van der Waals surface area contributed by atoms with E-state index < -0.39 is 5.82 Å². The second-order valence-corrected chi connectivity index (χ2v) is 8.92. The number of piperidine rings is 1. The Balaban J connectivity index is 1.73. The molecule has 0 spiro atoms. The lowest BCUT2D eigenvalue weighted by atomic mass is 9.92. The first-order valence-electron chi connectivity index (χ1n) is 11.9. The molecule has 186 valence electrons. The summed E-state index contributed by atoms with van der Waals surface area (Å²) in [6.07, 6.45) is 7.97. The first-order chi connectivity index (χ1) is 17.4. The topological polar surface area (TPSA) is 107 Å². The molecule has 1 fully saturated rings. The first-order valence-corrected chi connectivity index (χ1v) is 11.9. The maximum Gasteiger partial charge on any atom is 0.219 e. The summed E-state index contributed by atoms with van der Waals surface area (Å²) in [6.45, 7) is 4.20. The number of likely N-dealkylation sites (tertiary alicyclic amines) is 1. The van der Waals surface area contributed by atoms with Crippen molar-refractivity contribution < 1.29 is 9.18 Å². The number of benzene rings is 1. The van der Waals surface area contributed by atoms with E-state index in [9.17, 15) is 9.18 Å². The third kappa shape index (κ3) is 5.73. The summed E-state index contributed by atoms with van der Waals surface area (Å²) in [4.78, 5) is 27.9. The van der Waals surface area contributed by atoms with E-state index in [0.717, 1.165) is 18.4 Å². The number of halogens is 1. The van der Waals surface area contributed by atoms with Crippen molar-refractivity contribution in [1.82, 2.24) is 25.2 Å². The molecule has 3 N–H and O–H groups in total. The van der Waals surface area contributed by atoms with E-state index in [1.54, 1.807) is 44.7 Å². The fraction of sp³-hybridized carbons (Fsp3) is 0.296. The second-order valence-electron chi connectivity index (χ2n) is 8.92. The Labute approximate surface area is 210 Å². The van der Waals surface area contributed by atoms with Gasteiger partial charge in [0.15, 0.2) is 0 Å². The van der Waals surface area contributed by atoms with Crippen LogP contribution in [0.5, 0.6) is 0 Å². The Kier molecular flexibility index (Phi) is 7.68. The number of rotatable bonds is 7. The monoisotopic (exact) mass is 487 g/mol. The Morgan fingerprint density at radius 3 is 2.75 bits per heavy atom. The minimum absolute atomic E-state index is 0.0200. The molecule has 1 aliphatic heterocycles. The first kappa shape index (κ1) is 25.0. The highest BCUT2D eigenvalue weighted by atomic mass is 19.1. The van der Waals surface area contributed by atoms with Gasteiger partial charge in [0, 0.05) is 80.2 Å². The smallest absolute Gasteiger partial charge is 0.219 e. The van der Waals surface area contributed by atoms with Gasteiger partial charge in [-0.05, 0) is 55.7 Å². The van der Waals surface area contributed by atoms with Crippen LogP contribution in [-0.2, 0) is 4.79 Å². The zero-order valence-corrected chi connectivity index (χ0v) is 20.6. The summed E-state index contributed by atoms with van der Waals surface area (Å²) in [5.41, 5.74) is 3.12. The van der Waals surface area contributed by atoms with Crippen LogP contribution in [0.2, 0.25) is 0 Å². The van der Waals surface area contributed by atoms with Crippen molar-refractivity contribution in [3.63, 3.8) is 0 Å². The SMILES string of the molecule is CN/C=C(\C=N)c1cc(F)cc(Nc2cc(-c3cccnc3)nc([C@@H]3CC[C@H](C)N(C(C)=O)C3)n2)c1. The number of aromatic nitrogens is 3. The molecule has 1 amide bonds. The van der Waals surface area contributed by atoms with Crippen molar-refractivity contribution in [2.24, 2.45) is 0 Å². The van der Waals surface area contributed by atoms with E-state index in [0.29, 0.717) is 40.7 Å². The lowest BCUT2D eigenvalue weighted by Crippen LogP contribution is -2.44. The van der Waals surface area contributed by atoms with Gasteiger partial charge in [0.2, 0.25) is 5.91 Å². The highest BCUT2D eigenvalue weighted by molar-refractivity contribution is 6.08. The Morgan fingerprint density at radius 1 is 1.22 bits per heavy atom. The van der Waals surface area contributed by atoms with Gasteiger partial charge >= 0.3 is 0 Å². The van der Waals surface area contributed by atoms with Crippen LogP contribution in [0.3, 0.4) is 0 Å². The van der Waals surface area contributed by atoms with E-state index in [-0.39, 0.29) is 17.9 Å². The van der Waals surface area contributed by atoms with Crippen LogP contribution in [0.4, 0.5) is 15.9 Å². The molecule has 1 aromatic carbocycles. The minimum Gasteiger partial charge on any atom is -0.393 e. The third-order valence-corrected chi connectivity index (χ3v) is 6.31. The van der Waals surface area contributed by atoms with E-state index in [1.807, 2.05) is 17.0 Å². The fourth-order valence-corrected chi connectivity index (χ4v) is 4.47. The molecule has 1 saturated heterocycles. The van der Waals surface area contributed by atoms with Crippen LogP contribution in [0, 0.1) is 11.2 Å². The van der Waals surface area contributed by atoms with Crippen molar-refractivity contribution in [3.05, 3.63) is 72.2 Å². The van der Waals surface area contributed by atoms with Gasteiger partial charge in [-0.15, -0.1) is 0 Å². The van der Waals surface area contributed by atoms with Gasteiger partial charge < -0.3 is 20.9 Å². The van der Waals surface area contributed by atoms with Crippen molar-refractivity contribution in [3.8, 4) is 11.3 Å². The zero-order valence-electron chi connectivity index (χ0n) is 20.6. The number of carbonyl (C=O) groups is 1. The van der Waals surface area contributed by atoms with Gasteiger partial charge in [0.25, 0.3) is 0 Å². The molecule has 0 radical (unpaired) electrons. The number of carbonyl (C=O) groups excluding carboxylic acids is 1. The molecule has 9 heteroatoms. The third-order valence-electron chi connectivity index (χ3n) is 6.31. The number of nitrogens with zero attached hydrogens (tertiary/aromatic N) is 4. The highest BCUT2D eigenvalue weighted by Crippen LogP contribution is 2.31. The number of allylic oxidation sites excluding steroid dienone is 1. The maximum absolute atomic E-state index is 14.5. The van der Waals surface area contributed by atoms with E-state index in [2.05, 4.69) is 22.5 Å². The molecule has 0 bridgehead atoms. The van der Waals surface area contributed by atoms with Crippen LogP contribution in [-0.4, -0.2) is 51.6 Å². The van der Waals surface area contributed by atoms with Crippen LogP contribution >= 0.6 is 0 Å².